The lowest BCUT2D eigenvalue weighted by Crippen LogP contribution is -2.27. The normalized spacial score (nSPS) is 12.0. The molecule has 21 heavy (non-hydrogen) atoms. The van der Waals surface area contributed by atoms with E-state index >= 15 is 0 Å². The van der Waals surface area contributed by atoms with E-state index in [1.807, 2.05) is 29.0 Å². The Labute approximate surface area is 131 Å². The lowest BCUT2D eigenvalue weighted by atomic mass is 9.99. The van der Waals surface area contributed by atoms with Gasteiger partial charge in [0.15, 0.2) is 0 Å². The standard InChI is InChI=1S/C15H17NO3S2/c17-14(16-5-3-11-4-7-20-10-11)8-12(9-15(18)19)13-2-1-6-21-13/h1-2,4,6-7,10,12H,3,5,8-9H2,(H,16,17)(H,18,19)/t12-/m1/s1. The maximum absolute atomic E-state index is 12.0. The summed E-state index contributed by atoms with van der Waals surface area (Å²) in [5, 5.41) is 17.8. The zero-order valence-corrected chi connectivity index (χ0v) is 13.1. The molecule has 0 aliphatic carbocycles. The van der Waals surface area contributed by atoms with Gasteiger partial charge in [-0.05, 0) is 40.3 Å². The summed E-state index contributed by atoms with van der Waals surface area (Å²) in [6, 6.07) is 5.80. The quantitative estimate of drug-likeness (QED) is 0.784. The first kappa shape index (κ1) is 15.7. The molecule has 2 heterocycles. The first-order valence-corrected chi connectivity index (χ1v) is 8.50. The van der Waals surface area contributed by atoms with E-state index in [1.165, 1.54) is 16.9 Å². The molecule has 0 fully saturated rings. The van der Waals surface area contributed by atoms with Crippen LogP contribution in [0.15, 0.2) is 34.3 Å². The third-order valence-corrected chi connectivity index (χ3v) is 4.88. The van der Waals surface area contributed by atoms with Crippen molar-refractivity contribution >= 4 is 34.6 Å². The summed E-state index contributed by atoms with van der Waals surface area (Å²) >= 11 is 3.13. The third-order valence-electron chi connectivity index (χ3n) is 3.11. The summed E-state index contributed by atoms with van der Waals surface area (Å²) in [6.45, 7) is 0.583. The van der Waals surface area contributed by atoms with Gasteiger partial charge in [0.1, 0.15) is 0 Å². The summed E-state index contributed by atoms with van der Waals surface area (Å²) in [5.41, 5.74) is 1.21. The summed E-state index contributed by atoms with van der Waals surface area (Å²) in [6.07, 6.45) is 1.01. The van der Waals surface area contributed by atoms with Crippen molar-refractivity contribution in [2.24, 2.45) is 0 Å². The molecule has 1 amide bonds. The fourth-order valence-corrected chi connectivity index (χ4v) is 3.62. The van der Waals surface area contributed by atoms with Crippen molar-refractivity contribution in [3.8, 4) is 0 Å². The van der Waals surface area contributed by atoms with E-state index in [0.717, 1.165) is 11.3 Å². The molecular weight excluding hydrogens is 306 g/mol. The Morgan fingerprint density at radius 2 is 2.10 bits per heavy atom. The Hall–Kier alpha value is -1.66. The Kier molecular flexibility index (Phi) is 5.95. The minimum absolute atomic E-state index is 0.0154. The van der Waals surface area contributed by atoms with E-state index in [0.29, 0.717) is 6.54 Å². The minimum atomic E-state index is -0.875. The molecule has 0 radical (unpaired) electrons. The summed E-state index contributed by atoms with van der Waals surface area (Å²) in [5.74, 6) is -1.21. The SMILES string of the molecule is O=C(O)C[C@@H](CC(=O)NCCc1ccsc1)c1cccs1. The monoisotopic (exact) mass is 323 g/mol. The number of amides is 1. The van der Waals surface area contributed by atoms with Crippen molar-refractivity contribution in [1.82, 2.24) is 5.32 Å². The predicted molar refractivity (Wildman–Crippen MR) is 85.0 cm³/mol. The number of rotatable bonds is 8. The minimum Gasteiger partial charge on any atom is -0.481 e. The van der Waals surface area contributed by atoms with Crippen molar-refractivity contribution < 1.29 is 14.7 Å². The molecular formula is C15H17NO3S2. The molecule has 2 N–H and O–H groups in total. The summed E-state index contributed by atoms with van der Waals surface area (Å²) < 4.78 is 0. The highest BCUT2D eigenvalue weighted by Gasteiger charge is 2.20. The molecule has 112 valence electrons. The van der Waals surface area contributed by atoms with E-state index in [9.17, 15) is 9.59 Å². The van der Waals surface area contributed by atoms with Crippen LogP contribution in [0.5, 0.6) is 0 Å². The van der Waals surface area contributed by atoms with E-state index in [-0.39, 0.29) is 24.7 Å². The molecule has 0 bridgehead atoms. The lowest BCUT2D eigenvalue weighted by molar-refractivity contribution is -0.137. The predicted octanol–water partition coefficient (Wildman–Crippen LogP) is 3.12. The Morgan fingerprint density at radius 3 is 2.71 bits per heavy atom. The summed E-state index contributed by atoms with van der Waals surface area (Å²) in [7, 11) is 0. The molecule has 0 aliphatic heterocycles. The van der Waals surface area contributed by atoms with Crippen LogP contribution in [-0.2, 0) is 16.0 Å². The second-order valence-electron chi connectivity index (χ2n) is 4.75. The molecule has 0 spiro atoms. The second-order valence-corrected chi connectivity index (χ2v) is 6.51. The average molecular weight is 323 g/mol. The van der Waals surface area contributed by atoms with Crippen LogP contribution in [0.1, 0.15) is 29.2 Å². The molecule has 0 aliphatic rings. The second kappa shape index (κ2) is 7.95. The van der Waals surface area contributed by atoms with Gasteiger partial charge < -0.3 is 10.4 Å². The molecule has 0 unspecified atom stereocenters. The van der Waals surface area contributed by atoms with Gasteiger partial charge >= 0.3 is 5.97 Å². The van der Waals surface area contributed by atoms with Crippen molar-refractivity contribution in [2.45, 2.75) is 25.2 Å². The molecule has 0 aromatic carbocycles. The zero-order valence-electron chi connectivity index (χ0n) is 11.5. The maximum atomic E-state index is 12.0. The summed E-state index contributed by atoms with van der Waals surface area (Å²) in [4.78, 5) is 23.8. The molecule has 4 nitrogen and oxygen atoms in total. The number of aliphatic carboxylic acids is 1. The highest BCUT2D eigenvalue weighted by atomic mass is 32.1. The van der Waals surface area contributed by atoms with Crippen LogP contribution in [0.25, 0.3) is 0 Å². The molecule has 0 saturated carbocycles. The lowest BCUT2D eigenvalue weighted by Gasteiger charge is -2.13. The van der Waals surface area contributed by atoms with Crippen molar-refractivity contribution in [3.05, 3.63) is 44.8 Å². The van der Waals surface area contributed by atoms with Gasteiger partial charge in [0.25, 0.3) is 0 Å². The maximum Gasteiger partial charge on any atom is 0.304 e. The van der Waals surface area contributed by atoms with Crippen molar-refractivity contribution in [3.63, 3.8) is 0 Å². The molecule has 0 saturated heterocycles. The van der Waals surface area contributed by atoms with E-state index in [1.54, 1.807) is 11.3 Å². The van der Waals surface area contributed by atoms with Crippen LogP contribution in [0, 0.1) is 0 Å². The van der Waals surface area contributed by atoms with Gasteiger partial charge in [-0.3, -0.25) is 9.59 Å². The third kappa shape index (κ3) is 5.32. The molecule has 2 aromatic heterocycles. The zero-order chi connectivity index (χ0) is 15.1. The first-order chi connectivity index (χ1) is 10.1. The van der Waals surface area contributed by atoms with Crippen LogP contribution in [0.4, 0.5) is 0 Å². The number of thiophene rings is 2. The average Bonchev–Trinajstić information content (AvgIpc) is 3.10. The largest absolute Gasteiger partial charge is 0.481 e. The van der Waals surface area contributed by atoms with E-state index in [4.69, 9.17) is 5.11 Å². The fraction of sp³-hybridized carbons (Fsp3) is 0.333. The molecule has 2 rings (SSSR count). The van der Waals surface area contributed by atoms with E-state index < -0.39 is 5.97 Å². The highest BCUT2D eigenvalue weighted by Crippen LogP contribution is 2.27. The topological polar surface area (TPSA) is 66.4 Å². The Balaban J connectivity index is 1.81. The highest BCUT2D eigenvalue weighted by molar-refractivity contribution is 7.10. The van der Waals surface area contributed by atoms with Gasteiger partial charge in [-0.1, -0.05) is 6.07 Å². The fourth-order valence-electron chi connectivity index (χ4n) is 2.08. The van der Waals surface area contributed by atoms with Crippen LogP contribution in [0.3, 0.4) is 0 Å². The molecule has 2 aromatic rings. The smallest absolute Gasteiger partial charge is 0.304 e. The number of carboxylic acids is 1. The van der Waals surface area contributed by atoms with Crippen molar-refractivity contribution in [1.29, 1.82) is 0 Å². The Morgan fingerprint density at radius 1 is 1.24 bits per heavy atom. The first-order valence-electron chi connectivity index (χ1n) is 6.68. The van der Waals surface area contributed by atoms with Gasteiger partial charge in [0.2, 0.25) is 5.91 Å². The van der Waals surface area contributed by atoms with Crippen LogP contribution < -0.4 is 5.32 Å². The van der Waals surface area contributed by atoms with Gasteiger partial charge in [-0.25, -0.2) is 0 Å². The van der Waals surface area contributed by atoms with Gasteiger partial charge in [0.05, 0.1) is 6.42 Å². The van der Waals surface area contributed by atoms with Gasteiger partial charge in [-0.2, -0.15) is 11.3 Å². The van der Waals surface area contributed by atoms with Gasteiger partial charge in [-0.15, -0.1) is 11.3 Å². The number of nitrogens with one attached hydrogen (secondary N) is 1. The van der Waals surface area contributed by atoms with Crippen molar-refractivity contribution in [2.75, 3.05) is 6.54 Å². The van der Waals surface area contributed by atoms with Crippen LogP contribution in [0.2, 0.25) is 0 Å². The molecule has 6 heteroatoms. The van der Waals surface area contributed by atoms with Crippen LogP contribution in [-0.4, -0.2) is 23.5 Å². The number of hydrogen-bond donors (Lipinski definition) is 2. The number of carboxylic acid groups (broad SMARTS) is 1. The molecule has 1 atom stereocenters. The van der Waals surface area contributed by atoms with E-state index in [2.05, 4.69) is 10.7 Å². The Bertz CT molecular complexity index is 564. The number of carbonyl (C=O) groups is 2. The van der Waals surface area contributed by atoms with Crippen LogP contribution >= 0.6 is 22.7 Å². The number of hydrogen-bond acceptors (Lipinski definition) is 4. The van der Waals surface area contributed by atoms with Gasteiger partial charge in [0, 0.05) is 23.8 Å². The number of carbonyl (C=O) groups excluding carboxylic acids is 1.